The van der Waals surface area contributed by atoms with Crippen molar-refractivity contribution in [2.24, 2.45) is 0 Å². The standard InChI is InChI=1S/C40H45F2NP2/c1-2-3-26-43(45(39-18-10-8-16-35(39)41)40-19-11-9-17-36(40)42)44-37(33-22-20-29-12-4-6-14-31(29)27-33)24-25-38(44)34-23-21-30-13-5-7-15-32(30)28-34/h8-12,16-19,21-23,27-28,37-38H,2-7,13-15,20,24-26H2,1H3/t37-,38-,44?/m0/s1. The predicted molar refractivity (Wildman–Crippen MR) is 189 cm³/mol. The van der Waals surface area contributed by atoms with E-state index in [4.69, 9.17) is 0 Å². The van der Waals surface area contributed by atoms with E-state index in [0.717, 1.165) is 38.6 Å². The predicted octanol–water partition coefficient (Wildman–Crippen LogP) is 11.0. The third-order valence-corrected chi connectivity index (χ3v) is 16.8. The van der Waals surface area contributed by atoms with Gasteiger partial charge in [0, 0.05) is 36.5 Å². The molecule has 0 N–H and O–H groups in total. The van der Waals surface area contributed by atoms with Crippen LogP contribution >= 0.6 is 16.1 Å². The fraction of sp³-hybridized carbons (Fsp3) is 0.400. The Morgan fingerprint density at radius 1 is 0.778 bits per heavy atom. The molecule has 0 aromatic heterocycles. The molecule has 0 amide bonds. The molecule has 0 saturated carbocycles. The summed E-state index contributed by atoms with van der Waals surface area (Å²) in [5, 5.41) is 1.30. The highest BCUT2D eigenvalue weighted by Crippen LogP contribution is 2.73. The van der Waals surface area contributed by atoms with E-state index in [1.54, 1.807) is 24.3 Å². The van der Waals surface area contributed by atoms with Gasteiger partial charge in [0.05, 0.1) is 0 Å². The van der Waals surface area contributed by atoms with Crippen molar-refractivity contribution in [3.8, 4) is 0 Å². The molecule has 3 aliphatic carbocycles. The summed E-state index contributed by atoms with van der Waals surface area (Å²) in [5.74, 6) is -0.444. The Morgan fingerprint density at radius 3 is 2.22 bits per heavy atom. The van der Waals surface area contributed by atoms with Crippen LogP contribution in [0, 0.1) is 11.6 Å². The SMILES string of the molecule is CCCCN(P(c1ccccc1F)c1ccccc1F)P1[C@H](C2=CCC3=CCCCC3=C2)CC[C@H]1c1ccc2c(c1)CCCC2. The van der Waals surface area contributed by atoms with E-state index in [9.17, 15) is 0 Å². The zero-order chi connectivity index (χ0) is 30.8. The third kappa shape index (κ3) is 6.43. The normalized spacial score (nSPS) is 23.0. The van der Waals surface area contributed by atoms with Crippen molar-refractivity contribution in [1.82, 2.24) is 4.44 Å². The zero-order valence-corrected chi connectivity index (χ0v) is 28.3. The number of unbranched alkanes of at least 4 members (excludes halogenated alkanes) is 1. The Balaban J connectivity index is 1.38. The summed E-state index contributed by atoms with van der Waals surface area (Å²) < 4.78 is 34.5. The smallest absolute Gasteiger partial charge is 0.132 e. The molecule has 1 fully saturated rings. The van der Waals surface area contributed by atoms with Gasteiger partial charge in [-0.1, -0.05) is 74.0 Å². The maximum atomic E-state index is 15.9. The maximum Gasteiger partial charge on any atom is 0.132 e. The largest absolute Gasteiger partial charge is 0.251 e. The van der Waals surface area contributed by atoms with Crippen molar-refractivity contribution in [3.05, 3.63) is 130 Å². The fourth-order valence-electron chi connectivity index (χ4n) is 7.92. The molecule has 3 aromatic carbocycles. The van der Waals surface area contributed by atoms with Gasteiger partial charge in [-0.25, -0.2) is 8.78 Å². The first kappa shape index (κ1) is 31.2. The molecule has 5 heteroatoms. The molecule has 0 spiro atoms. The molecule has 3 atom stereocenters. The van der Waals surface area contributed by atoms with Gasteiger partial charge in [0.1, 0.15) is 11.6 Å². The molecular formula is C40H45F2NP2. The molecule has 0 bridgehead atoms. The van der Waals surface area contributed by atoms with Crippen LogP contribution in [0.15, 0.2) is 102 Å². The minimum absolute atomic E-state index is 0.222. The van der Waals surface area contributed by atoms with Crippen LogP contribution in [0.5, 0.6) is 0 Å². The first-order valence-electron chi connectivity index (χ1n) is 17.2. The van der Waals surface area contributed by atoms with Crippen LogP contribution in [0.4, 0.5) is 8.78 Å². The van der Waals surface area contributed by atoms with Gasteiger partial charge in [-0.15, -0.1) is 0 Å². The van der Waals surface area contributed by atoms with Gasteiger partial charge in [0.15, 0.2) is 0 Å². The second-order valence-electron chi connectivity index (χ2n) is 13.1. The quantitative estimate of drug-likeness (QED) is 0.211. The highest BCUT2D eigenvalue weighted by molar-refractivity contribution is 7.79. The van der Waals surface area contributed by atoms with Crippen LogP contribution in [0.2, 0.25) is 0 Å². The summed E-state index contributed by atoms with van der Waals surface area (Å²) >= 11 is 0. The number of halogens is 2. The number of benzene rings is 3. The number of aryl methyl sites for hydroxylation is 2. The summed E-state index contributed by atoms with van der Waals surface area (Å²) in [7, 11) is -2.21. The molecule has 7 rings (SSSR count). The molecule has 45 heavy (non-hydrogen) atoms. The van der Waals surface area contributed by atoms with E-state index >= 15 is 8.78 Å². The van der Waals surface area contributed by atoms with Crippen molar-refractivity contribution in [2.75, 3.05) is 6.54 Å². The van der Waals surface area contributed by atoms with E-state index in [2.05, 4.69) is 47.8 Å². The Morgan fingerprint density at radius 2 is 1.49 bits per heavy atom. The van der Waals surface area contributed by atoms with E-state index in [1.165, 1.54) is 78.4 Å². The van der Waals surface area contributed by atoms with Crippen molar-refractivity contribution in [2.45, 2.75) is 95.3 Å². The van der Waals surface area contributed by atoms with Gasteiger partial charge in [-0.3, -0.25) is 4.44 Å². The van der Waals surface area contributed by atoms with E-state index < -0.39 is 16.1 Å². The summed E-state index contributed by atoms with van der Waals surface area (Å²) in [6, 6.07) is 21.7. The fourth-order valence-corrected chi connectivity index (χ4v) is 15.4. The highest BCUT2D eigenvalue weighted by Gasteiger charge is 2.45. The second kappa shape index (κ2) is 14.1. The first-order chi connectivity index (χ1) is 22.1. The van der Waals surface area contributed by atoms with Gasteiger partial charge in [0.25, 0.3) is 0 Å². The molecule has 1 unspecified atom stereocenters. The molecule has 234 valence electrons. The van der Waals surface area contributed by atoms with Crippen LogP contribution in [0.25, 0.3) is 0 Å². The number of rotatable bonds is 9. The average Bonchev–Trinajstić information content (AvgIpc) is 3.52. The minimum atomic E-state index is -1.42. The van der Waals surface area contributed by atoms with E-state index in [0.29, 0.717) is 21.9 Å². The maximum absolute atomic E-state index is 15.9. The Hall–Kier alpha value is -2.44. The number of hydrogen-bond donors (Lipinski definition) is 0. The Bertz CT molecular complexity index is 1580. The van der Waals surface area contributed by atoms with Gasteiger partial charge in [0.2, 0.25) is 0 Å². The molecular weight excluding hydrogens is 594 g/mol. The van der Waals surface area contributed by atoms with Crippen molar-refractivity contribution in [3.63, 3.8) is 0 Å². The molecule has 1 heterocycles. The van der Waals surface area contributed by atoms with Gasteiger partial charge in [-0.2, -0.15) is 0 Å². The highest BCUT2D eigenvalue weighted by atomic mass is 31.2. The Labute approximate surface area is 271 Å². The van der Waals surface area contributed by atoms with Crippen LogP contribution < -0.4 is 10.6 Å². The van der Waals surface area contributed by atoms with Crippen LogP contribution in [-0.4, -0.2) is 16.6 Å². The van der Waals surface area contributed by atoms with Crippen molar-refractivity contribution >= 4 is 26.8 Å². The van der Waals surface area contributed by atoms with Gasteiger partial charge in [-0.05, 0) is 136 Å². The van der Waals surface area contributed by atoms with Crippen LogP contribution in [-0.2, 0) is 12.8 Å². The summed E-state index contributed by atoms with van der Waals surface area (Å²) in [6.45, 7) is 3.08. The lowest BCUT2D eigenvalue weighted by atomic mass is 9.85. The van der Waals surface area contributed by atoms with Crippen LogP contribution in [0.1, 0.15) is 93.5 Å². The summed E-state index contributed by atoms with van der Waals surface area (Å²) in [5.41, 5.74) is 9.77. The monoisotopic (exact) mass is 639 g/mol. The van der Waals surface area contributed by atoms with Gasteiger partial charge >= 0.3 is 0 Å². The number of nitrogens with zero attached hydrogens (tertiary/aromatic N) is 1. The molecule has 1 saturated heterocycles. The number of allylic oxidation sites excluding steroid dienone is 6. The molecule has 3 aromatic rings. The topological polar surface area (TPSA) is 3.24 Å². The lowest BCUT2D eigenvalue weighted by Gasteiger charge is -2.43. The number of fused-ring (bicyclic) bond motifs is 2. The van der Waals surface area contributed by atoms with Crippen molar-refractivity contribution in [1.29, 1.82) is 0 Å². The number of hydrogen-bond acceptors (Lipinski definition) is 1. The molecule has 4 aliphatic rings. The Kier molecular flexibility index (Phi) is 9.79. The van der Waals surface area contributed by atoms with E-state index in [1.807, 2.05) is 24.3 Å². The van der Waals surface area contributed by atoms with Crippen molar-refractivity contribution < 1.29 is 8.78 Å². The lowest BCUT2D eigenvalue weighted by molar-refractivity contribution is 0.617. The summed E-state index contributed by atoms with van der Waals surface area (Å²) in [4.78, 5) is 0. The third-order valence-electron chi connectivity index (χ3n) is 10.2. The zero-order valence-electron chi connectivity index (χ0n) is 26.5. The van der Waals surface area contributed by atoms with Crippen LogP contribution in [0.3, 0.4) is 0 Å². The first-order valence-corrected chi connectivity index (χ1v) is 19.9. The molecule has 1 nitrogen and oxygen atoms in total. The molecule has 1 aliphatic heterocycles. The lowest BCUT2D eigenvalue weighted by Crippen LogP contribution is -2.31. The van der Waals surface area contributed by atoms with E-state index in [-0.39, 0.29) is 11.6 Å². The second-order valence-corrected chi connectivity index (χ2v) is 18.0. The minimum Gasteiger partial charge on any atom is -0.251 e. The summed E-state index contributed by atoms with van der Waals surface area (Å²) in [6.07, 6.45) is 21.3. The average molecular weight is 640 g/mol. The van der Waals surface area contributed by atoms with Gasteiger partial charge < -0.3 is 0 Å². The molecule has 0 radical (unpaired) electrons.